The topological polar surface area (TPSA) is 98.2 Å². The van der Waals surface area contributed by atoms with Crippen LogP contribution in [-0.2, 0) is 16.2 Å². The average molecular weight is 641 g/mol. The first-order chi connectivity index (χ1) is 21.9. The van der Waals surface area contributed by atoms with Gasteiger partial charge in [-0.3, -0.25) is 14.5 Å². The highest BCUT2D eigenvalue weighted by Gasteiger charge is 2.48. The van der Waals surface area contributed by atoms with Gasteiger partial charge in [-0.1, -0.05) is 78.4 Å². The highest BCUT2D eigenvalue weighted by atomic mass is 35.5. The van der Waals surface area contributed by atoms with Crippen molar-refractivity contribution in [3.05, 3.63) is 118 Å². The maximum Gasteiger partial charge on any atom is 0.301 e. The van der Waals surface area contributed by atoms with Gasteiger partial charge in [-0.05, 0) is 60.0 Å². The molecule has 1 amide bonds. The van der Waals surface area contributed by atoms with Gasteiger partial charge < -0.3 is 19.3 Å². The fourth-order valence-corrected chi connectivity index (χ4v) is 6.42. The van der Waals surface area contributed by atoms with Crippen LogP contribution in [0.4, 0.5) is 5.13 Å². The number of ketones is 1. The third kappa shape index (κ3) is 6.09. The van der Waals surface area contributed by atoms with E-state index in [2.05, 4.69) is 4.98 Å². The van der Waals surface area contributed by atoms with E-state index in [0.29, 0.717) is 57.3 Å². The van der Waals surface area contributed by atoms with Crippen molar-refractivity contribution in [3.63, 3.8) is 0 Å². The smallest absolute Gasteiger partial charge is 0.301 e. The number of hydrogen-bond donors (Lipinski definition) is 1. The Kier molecular flexibility index (Phi) is 8.73. The van der Waals surface area contributed by atoms with Crippen LogP contribution in [0.3, 0.4) is 0 Å². The fourth-order valence-electron chi connectivity index (χ4n) is 5.15. The highest BCUT2D eigenvalue weighted by molar-refractivity contribution is 7.22. The number of fused-ring (bicyclic) bond motifs is 1. The minimum Gasteiger partial charge on any atom is -0.507 e. The molecule has 1 saturated heterocycles. The number of aliphatic hydroxyl groups excluding tert-OH is 1. The standard InChI is InChI=1S/C35H29ClN2O6S/c1-3-16-43-25-11-7-10-23(17-25)32(39)30-31(22-12-15-27(28(18-22)42-2)44-20-21-8-5-4-6-9-21)38(34(41)33(30)40)35-37-26-14-13-24(36)19-29(26)45-35/h4-15,17-19,31,39H,3,16,20H2,1-2H3. The summed E-state index contributed by atoms with van der Waals surface area (Å²) in [7, 11) is 1.52. The van der Waals surface area contributed by atoms with Crippen molar-refractivity contribution >= 4 is 55.7 Å². The average Bonchev–Trinajstić information content (AvgIpc) is 3.60. The Morgan fingerprint density at radius 3 is 2.56 bits per heavy atom. The van der Waals surface area contributed by atoms with Crippen LogP contribution in [0, 0.1) is 0 Å². The van der Waals surface area contributed by atoms with Gasteiger partial charge in [-0.15, -0.1) is 0 Å². The van der Waals surface area contributed by atoms with Crippen molar-refractivity contribution < 1.29 is 28.9 Å². The lowest BCUT2D eigenvalue weighted by molar-refractivity contribution is -0.132. The Morgan fingerprint density at radius 2 is 1.78 bits per heavy atom. The first kappa shape index (κ1) is 30.2. The number of hydrogen-bond acceptors (Lipinski definition) is 8. The van der Waals surface area contributed by atoms with E-state index < -0.39 is 17.7 Å². The fraction of sp³-hybridized carbons (Fsp3) is 0.171. The van der Waals surface area contributed by atoms with E-state index in [0.717, 1.165) is 16.7 Å². The van der Waals surface area contributed by atoms with Crippen LogP contribution in [0.5, 0.6) is 17.2 Å². The molecular formula is C35H29ClN2O6S. The number of aromatic nitrogens is 1. The van der Waals surface area contributed by atoms with Crippen LogP contribution < -0.4 is 19.1 Å². The van der Waals surface area contributed by atoms with Crippen molar-refractivity contribution in [1.82, 2.24) is 4.98 Å². The first-order valence-corrected chi connectivity index (χ1v) is 15.5. The second-order valence-electron chi connectivity index (χ2n) is 10.3. The van der Waals surface area contributed by atoms with Crippen LogP contribution >= 0.6 is 22.9 Å². The quantitative estimate of drug-likeness (QED) is 0.0939. The number of benzene rings is 4. The molecule has 10 heteroatoms. The number of carbonyl (C=O) groups excluding carboxylic acids is 2. The number of nitrogens with zero attached hydrogens (tertiary/aromatic N) is 2. The molecule has 1 atom stereocenters. The molecule has 45 heavy (non-hydrogen) atoms. The van der Waals surface area contributed by atoms with E-state index in [-0.39, 0.29) is 11.3 Å². The monoisotopic (exact) mass is 640 g/mol. The van der Waals surface area contributed by atoms with Gasteiger partial charge >= 0.3 is 5.91 Å². The van der Waals surface area contributed by atoms with Crippen molar-refractivity contribution in [1.29, 1.82) is 0 Å². The molecule has 8 nitrogen and oxygen atoms in total. The van der Waals surface area contributed by atoms with E-state index in [4.69, 9.17) is 25.8 Å². The highest BCUT2D eigenvalue weighted by Crippen LogP contribution is 2.46. The zero-order chi connectivity index (χ0) is 31.5. The molecule has 2 heterocycles. The van der Waals surface area contributed by atoms with Gasteiger partial charge in [0.2, 0.25) is 0 Å². The molecule has 0 saturated carbocycles. The number of ether oxygens (including phenoxy) is 3. The van der Waals surface area contributed by atoms with E-state index >= 15 is 0 Å². The molecule has 0 bridgehead atoms. The molecule has 1 aliphatic rings. The SMILES string of the molecule is CCCOc1cccc(C(O)=C2C(=O)C(=O)N(c3nc4ccc(Cl)cc4s3)C2c2ccc(OCc3ccccc3)c(OC)c2)c1. The van der Waals surface area contributed by atoms with Crippen molar-refractivity contribution in [2.75, 3.05) is 18.6 Å². The van der Waals surface area contributed by atoms with Gasteiger partial charge in [0.1, 0.15) is 18.1 Å². The molecule has 0 aliphatic carbocycles. The molecular weight excluding hydrogens is 612 g/mol. The molecule has 1 unspecified atom stereocenters. The first-order valence-electron chi connectivity index (χ1n) is 14.3. The van der Waals surface area contributed by atoms with Crippen molar-refractivity contribution in [2.45, 2.75) is 26.0 Å². The van der Waals surface area contributed by atoms with E-state index in [1.54, 1.807) is 60.7 Å². The van der Waals surface area contributed by atoms with E-state index in [1.807, 2.05) is 37.3 Å². The number of halogens is 1. The lowest BCUT2D eigenvalue weighted by atomic mass is 9.95. The molecule has 5 aromatic rings. The van der Waals surface area contributed by atoms with Gasteiger partial charge in [0.05, 0.1) is 35.5 Å². The third-order valence-electron chi connectivity index (χ3n) is 7.31. The number of aliphatic hydroxyl groups is 1. The Labute approximate surface area is 269 Å². The normalized spacial score (nSPS) is 15.9. The predicted octanol–water partition coefficient (Wildman–Crippen LogP) is 7.95. The number of carbonyl (C=O) groups is 2. The summed E-state index contributed by atoms with van der Waals surface area (Å²) >= 11 is 7.45. The van der Waals surface area contributed by atoms with Gasteiger partial charge in [-0.25, -0.2) is 4.98 Å². The number of methoxy groups -OCH3 is 1. The molecule has 228 valence electrons. The number of thiazole rings is 1. The summed E-state index contributed by atoms with van der Waals surface area (Å²) in [5.41, 5.74) is 2.40. The minimum absolute atomic E-state index is 0.0788. The largest absolute Gasteiger partial charge is 0.507 e. The number of Topliss-reactive ketones (excluding diaryl/α,β-unsaturated/α-hetero) is 1. The molecule has 1 aromatic heterocycles. The molecule has 0 spiro atoms. The van der Waals surface area contributed by atoms with Crippen molar-refractivity contribution in [3.8, 4) is 17.2 Å². The zero-order valence-corrected chi connectivity index (χ0v) is 26.1. The second-order valence-corrected chi connectivity index (χ2v) is 11.8. The minimum atomic E-state index is -1.02. The molecule has 6 rings (SSSR count). The number of rotatable bonds is 10. The van der Waals surface area contributed by atoms with Crippen LogP contribution in [-0.4, -0.2) is 35.5 Å². The van der Waals surface area contributed by atoms with Crippen LogP contribution in [0.2, 0.25) is 5.02 Å². The third-order valence-corrected chi connectivity index (χ3v) is 8.56. The van der Waals surface area contributed by atoms with Gasteiger partial charge in [0.25, 0.3) is 5.78 Å². The molecule has 4 aromatic carbocycles. The van der Waals surface area contributed by atoms with Crippen LogP contribution in [0.15, 0.2) is 96.6 Å². The Morgan fingerprint density at radius 1 is 0.956 bits per heavy atom. The molecule has 1 fully saturated rings. The zero-order valence-electron chi connectivity index (χ0n) is 24.5. The number of anilines is 1. The van der Waals surface area contributed by atoms with Gasteiger partial charge in [-0.2, -0.15) is 0 Å². The summed E-state index contributed by atoms with van der Waals surface area (Å²) in [6.45, 7) is 2.81. The van der Waals surface area contributed by atoms with Gasteiger partial charge in [0.15, 0.2) is 16.6 Å². The summed E-state index contributed by atoms with van der Waals surface area (Å²) in [5, 5.41) is 12.5. The lowest BCUT2D eigenvalue weighted by Gasteiger charge is -2.24. The maximum atomic E-state index is 13.8. The molecule has 1 N–H and O–H groups in total. The Balaban J connectivity index is 1.47. The van der Waals surface area contributed by atoms with E-state index in [1.165, 1.54) is 23.3 Å². The Hall–Kier alpha value is -4.86. The summed E-state index contributed by atoms with van der Waals surface area (Å²) in [6, 6.07) is 25.9. The summed E-state index contributed by atoms with van der Waals surface area (Å²) in [5.74, 6) is -0.546. The number of amides is 1. The maximum absolute atomic E-state index is 13.8. The van der Waals surface area contributed by atoms with Crippen LogP contribution in [0.1, 0.15) is 36.1 Å². The van der Waals surface area contributed by atoms with Crippen LogP contribution in [0.25, 0.3) is 16.0 Å². The van der Waals surface area contributed by atoms with Gasteiger partial charge in [0, 0.05) is 10.6 Å². The summed E-state index contributed by atoms with van der Waals surface area (Å²) < 4.78 is 18.2. The summed E-state index contributed by atoms with van der Waals surface area (Å²) in [6.07, 6.45) is 0.807. The lowest BCUT2D eigenvalue weighted by Crippen LogP contribution is -2.29. The summed E-state index contributed by atoms with van der Waals surface area (Å²) in [4.78, 5) is 33.5. The Bertz CT molecular complexity index is 1920. The molecule has 0 radical (unpaired) electrons. The van der Waals surface area contributed by atoms with Crippen molar-refractivity contribution in [2.24, 2.45) is 0 Å². The second kappa shape index (κ2) is 13.0. The molecule has 1 aliphatic heterocycles. The van der Waals surface area contributed by atoms with E-state index in [9.17, 15) is 14.7 Å². The predicted molar refractivity (Wildman–Crippen MR) is 175 cm³/mol.